The van der Waals surface area contributed by atoms with Gasteiger partial charge in [0.05, 0.1) is 21.5 Å². The number of anilines is 2. The molecule has 2 saturated heterocycles. The number of ether oxygens (including phenoxy) is 1. The summed E-state index contributed by atoms with van der Waals surface area (Å²) in [4.78, 5) is 29.4. The van der Waals surface area contributed by atoms with Gasteiger partial charge in [0.2, 0.25) is 0 Å². The number of sulfonamides is 1. The maximum Gasteiger partial charge on any atom is 0.297 e. The van der Waals surface area contributed by atoms with Crippen LogP contribution in [0.1, 0.15) is 118 Å². The molecule has 2 atom stereocenters. The SMILES string of the molecule is CC(C)c1ccccc1[C@H]1CCCN1C1CC2(CCN(c3ccc(C(=O)NS(=O)(=O)c4cc5c(c([N+](=O)[O-])c4)N[C@@H](C4CCC(C)(O)CC4)CO5)cc3)CC2)C1. The standard InChI is InChI=1S/C43H55N5O7S/c1-28(2)34-7-4-5-8-35(34)37-9-6-20-47(37)32-25-43(26-32)18-21-46(22-19-43)31-12-10-30(11-13-31)41(49)45-56(53,54)33-23-38(48(51)52)40-39(24-33)55-27-36(44-40)29-14-16-42(3,50)17-15-29/h4-5,7-8,10-13,23-24,28-29,32,36-37,44,50H,6,9,14-22,25-27H2,1-3H3,(H,45,49)/t29?,36-,37-,42?/m1/s1. The molecular weight excluding hydrogens is 731 g/mol. The first-order valence-electron chi connectivity index (χ1n) is 20.4. The number of nitrogens with zero attached hydrogens (tertiary/aromatic N) is 3. The molecule has 1 spiro atoms. The molecule has 0 bridgehead atoms. The fourth-order valence-electron chi connectivity index (χ4n) is 10.2. The number of nitrogens with one attached hydrogen (secondary N) is 2. The fourth-order valence-corrected chi connectivity index (χ4v) is 11.3. The minimum absolute atomic E-state index is 0.0452. The van der Waals surface area contributed by atoms with Gasteiger partial charge in [0.25, 0.3) is 21.6 Å². The molecule has 3 aromatic rings. The predicted octanol–water partition coefficient (Wildman–Crippen LogP) is 7.54. The summed E-state index contributed by atoms with van der Waals surface area (Å²) in [6, 6.07) is 19.1. The number of fused-ring (bicyclic) bond motifs is 1. The Labute approximate surface area is 330 Å². The van der Waals surface area contributed by atoms with Crippen molar-refractivity contribution in [2.45, 2.75) is 120 Å². The minimum Gasteiger partial charge on any atom is -0.489 e. The van der Waals surface area contributed by atoms with Crippen molar-refractivity contribution in [1.29, 1.82) is 0 Å². The Hall–Kier alpha value is -4.20. The summed E-state index contributed by atoms with van der Waals surface area (Å²) in [6.45, 7) is 9.64. The van der Waals surface area contributed by atoms with Crippen molar-refractivity contribution >= 4 is 33.0 Å². The third kappa shape index (κ3) is 7.61. The molecule has 12 nitrogen and oxygen atoms in total. The van der Waals surface area contributed by atoms with Crippen LogP contribution in [0.3, 0.4) is 0 Å². The molecule has 2 aliphatic carbocycles. The van der Waals surface area contributed by atoms with Crippen LogP contribution in [0.4, 0.5) is 17.1 Å². The molecule has 13 heteroatoms. The molecule has 0 radical (unpaired) electrons. The normalized spacial score (nSPS) is 26.6. The molecule has 0 aromatic heterocycles. The van der Waals surface area contributed by atoms with E-state index in [9.17, 15) is 28.4 Å². The molecule has 1 amide bonds. The molecule has 56 heavy (non-hydrogen) atoms. The van der Waals surface area contributed by atoms with Crippen molar-refractivity contribution in [2.24, 2.45) is 11.3 Å². The largest absolute Gasteiger partial charge is 0.489 e. The van der Waals surface area contributed by atoms with E-state index in [2.05, 4.69) is 58.0 Å². The first-order chi connectivity index (χ1) is 26.7. The van der Waals surface area contributed by atoms with Crippen LogP contribution >= 0.6 is 0 Å². The lowest BCUT2D eigenvalue weighted by Gasteiger charge is -2.56. The van der Waals surface area contributed by atoms with Crippen LogP contribution in [0.25, 0.3) is 0 Å². The van der Waals surface area contributed by atoms with Crippen LogP contribution in [0.2, 0.25) is 0 Å². The van der Waals surface area contributed by atoms with Gasteiger partial charge in [0, 0.05) is 48.6 Å². The number of piperidine rings is 1. The van der Waals surface area contributed by atoms with Crippen LogP contribution in [-0.2, 0) is 10.0 Å². The second kappa shape index (κ2) is 14.9. The van der Waals surface area contributed by atoms with Crippen LogP contribution in [0.15, 0.2) is 65.6 Å². The van der Waals surface area contributed by atoms with E-state index in [0.29, 0.717) is 36.3 Å². The van der Waals surface area contributed by atoms with Gasteiger partial charge >= 0.3 is 0 Å². The molecule has 4 fully saturated rings. The number of hydrogen-bond acceptors (Lipinski definition) is 10. The van der Waals surface area contributed by atoms with Gasteiger partial charge in [-0.1, -0.05) is 38.1 Å². The second-order valence-electron chi connectivity index (χ2n) is 17.7. The number of hydrogen-bond donors (Lipinski definition) is 3. The summed E-state index contributed by atoms with van der Waals surface area (Å²) in [6.07, 6.45) is 9.97. The van der Waals surface area contributed by atoms with Gasteiger partial charge in [-0.25, -0.2) is 13.1 Å². The lowest BCUT2D eigenvalue weighted by molar-refractivity contribution is -0.384. The molecule has 3 N–H and O–H groups in total. The van der Waals surface area contributed by atoms with E-state index in [1.165, 1.54) is 49.4 Å². The topological polar surface area (TPSA) is 154 Å². The highest BCUT2D eigenvalue weighted by molar-refractivity contribution is 7.90. The number of rotatable bonds is 9. The summed E-state index contributed by atoms with van der Waals surface area (Å²) in [5, 5.41) is 25.7. The Morgan fingerprint density at radius 3 is 2.38 bits per heavy atom. The minimum atomic E-state index is -4.47. The highest BCUT2D eigenvalue weighted by Gasteiger charge is 2.50. The number of benzene rings is 3. The van der Waals surface area contributed by atoms with Crippen molar-refractivity contribution in [3.8, 4) is 5.75 Å². The maximum absolute atomic E-state index is 13.4. The van der Waals surface area contributed by atoms with Crippen LogP contribution in [-0.4, -0.2) is 73.2 Å². The third-order valence-electron chi connectivity index (χ3n) is 13.6. The Morgan fingerprint density at radius 1 is 1.00 bits per heavy atom. The Bertz CT molecular complexity index is 2060. The molecule has 3 heterocycles. The van der Waals surface area contributed by atoms with Crippen LogP contribution in [0.5, 0.6) is 5.75 Å². The molecule has 2 saturated carbocycles. The first-order valence-corrected chi connectivity index (χ1v) is 21.9. The van der Waals surface area contributed by atoms with Crippen LogP contribution < -0.4 is 19.7 Å². The average Bonchev–Trinajstić information content (AvgIpc) is 3.66. The van der Waals surface area contributed by atoms with Gasteiger partial charge in [-0.15, -0.1) is 0 Å². The lowest BCUT2D eigenvalue weighted by Crippen LogP contribution is -2.54. The van der Waals surface area contributed by atoms with E-state index in [-0.39, 0.29) is 35.6 Å². The number of amides is 1. The zero-order chi connectivity index (χ0) is 39.4. The second-order valence-corrected chi connectivity index (χ2v) is 19.4. The van der Waals surface area contributed by atoms with Gasteiger partial charge in [-0.3, -0.25) is 19.8 Å². The summed E-state index contributed by atoms with van der Waals surface area (Å²) >= 11 is 0. The fraction of sp³-hybridized carbons (Fsp3) is 0.558. The molecular formula is C43H55N5O7S. The van der Waals surface area contributed by atoms with Crippen LogP contribution in [0, 0.1) is 21.4 Å². The third-order valence-corrected chi connectivity index (χ3v) is 14.9. The van der Waals surface area contributed by atoms with E-state index >= 15 is 0 Å². The van der Waals surface area contributed by atoms with E-state index in [1.54, 1.807) is 12.1 Å². The maximum atomic E-state index is 13.4. The number of aliphatic hydroxyl groups is 1. The number of likely N-dealkylation sites (tertiary alicyclic amines) is 1. The lowest BCUT2D eigenvalue weighted by atomic mass is 9.59. The van der Waals surface area contributed by atoms with Crippen molar-refractivity contribution < 1.29 is 28.0 Å². The molecule has 5 aliphatic rings. The predicted molar refractivity (Wildman–Crippen MR) is 216 cm³/mol. The number of carbonyl (C=O) groups excluding carboxylic acids is 1. The smallest absolute Gasteiger partial charge is 0.297 e. The first kappa shape index (κ1) is 38.7. The zero-order valence-corrected chi connectivity index (χ0v) is 33.5. The average molecular weight is 786 g/mol. The molecule has 0 unspecified atom stereocenters. The zero-order valence-electron chi connectivity index (χ0n) is 32.7. The van der Waals surface area contributed by atoms with Gasteiger partial charge < -0.3 is 20.1 Å². The van der Waals surface area contributed by atoms with E-state index in [1.807, 2.05) is 19.1 Å². The Morgan fingerprint density at radius 2 is 1.70 bits per heavy atom. The van der Waals surface area contributed by atoms with Crippen molar-refractivity contribution in [3.05, 3.63) is 87.5 Å². The number of carbonyl (C=O) groups is 1. The Kier molecular flexibility index (Phi) is 10.3. The highest BCUT2D eigenvalue weighted by Crippen LogP contribution is 2.54. The van der Waals surface area contributed by atoms with Crippen molar-refractivity contribution in [2.75, 3.05) is 36.5 Å². The quantitative estimate of drug-likeness (QED) is 0.147. The van der Waals surface area contributed by atoms with Gasteiger partial charge in [0.15, 0.2) is 11.4 Å². The summed E-state index contributed by atoms with van der Waals surface area (Å²) in [5.74, 6) is -0.114. The summed E-state index contributed by atoms with van der Waals surface area (Å²) in [5.41, 5.74) is 3.50. The van der Waals surface area contributed by atoms with E-state index < -0.39 is 37.0 Å². The summed E-state index contributed by atoms with van der Waals surface area (Å²) in [7, 11) is -4.47. The molecule has 3 aliphatic heterocycles. The van der Waals surface area contributed by atoms with Crippen molar-refractivity contribution in [3.63, 3.8) is 0 Å². The molecule has 300 valence electrons. The number of nitro benzene ring substituents is 1. The van der Waals surface area contributed by atoms with Crippen molar-refractivity contribution in [1.82, 2.24) is 9.62 Å². The van der Waals surface area contributed by atoms with E-state index in [4.69, 9.17) is 4.74 Å². The summed E-state index contributed by atoms with van der Waals surface area (Å²) < 4.78 is 34.9. The van der Waals surface area contributed by atoms with Gasteiger partial charge in [-0.05, 0) is 130 Å². The van der Waals surface area contributed by atoms with Gasteiger partial charge in [0.1, 0.15) is 6.61 Å². The van der Waals surface area contributed by atoms with E-state index in [0.717, 1.165) is 50.5 Å². The number of nitro groups is 1. The Balaban J connectivity index is 0.865. The highest BCUT2D eigenvalue weighted by atomic mass is 32.2. The monoisotopic (exact) mass is 785 g/mol. The van der Waals surface area contributed by atoms with Gasteiger partial charge in [-0.2, -0.15) is 0 Å². The molecule has 3 aromatic carbocycles. The molecule has 8 rings (SSSR count).